The predicted octanol–water partition coefficient (Wildman–Crippen LogP) is 1.46. The number of carbonyl (C=O) groups is 3. The van der Waals surface area contributed by atoms with Crippen LogP contribution in [0.2, 0.25) is 0 Å². The number of fused-ring (bicyclic) bond motifs is 1. The van der Waals surface area contributed by atoms with Crippen molar-refractivity contribution in [3.63, 3.8) is 0 Å². The van der Waals surface area contributed by atoms with Gasteiger partial charge in [-0.15, -0.1) is 11.3 Å². The Morgan fingerprint density at radius 1 is 1.37 bits per heavy atom. The molecule has 4 N–H and O–H groups in total. The molecule has 0 bridgehead atoms. The lowest BCUT2D eigenvalue weighted by Gasteiger charge is -2.24. The van der Waals surface area contributed by atoms with Crippen LogP contribution in [0, 0.1) is 6.92 Å². The van der Waals surface area contributed by atoms with Crippen molar-refractivity contribution in [3.8, 4) is 0 Å². The zero-order valence-corrected chi connectivity index (χ0v) is 16.9. The van der Waals surface area contributed by atoms with Crippen LogP contribution in [-0.2, 0) is 16.1 Å². The summed E-state index contributed by atoms with van der Waals surface area (Å²) in [6.45, 7) is 1.97. The van der Waals surface area contributed by atoms with Gasteiger partial charge in [0.15, 0.2) is 0 Å². The van der Waals surface area contributed by atoms with Crippen molar-refractivity contribution in [2.75, 3.05) is 5.32 Å². The third kappa shape index (κ3) is 3.51. The number of hydrogen-bond donors (Lipinski definition) is 3. The summed E-state index contributed by atoms with van der Waals surface area (Å²) in [6.07, 6.45) is 0.387. The number of nitrogens with zero attached hydrogens (tertiary/aromatic N) is 2. The van der Waals surface area contributed by atoms with E-state index in [0.717, 1.165) is 4.88 Å². The number of benzene rings is 1. The Balaban J connectivity index is 1.74. The first-order chi connectivity index (χ1) is 14.4. The van der Waals surface area contributed by atoms with Gasteiger partial charge in [-0.05, 0) is 31.5 Å². The first-order valence-electron chi connectivity index (χ1n) is 9.33. The highest BCUT2D eigenvalue weighted by atomic mass is 32.1. The van der Waals surface area contributed by atoms with E-state index in [0.29, 0.717) is 29.1 Å². The minimum atomic E-state index is -0.800. The zero-order valence-electron chi connectivity index (χ0n) is 16.1. The second-order valence-corrected chi connectivity index (χ2v) is 7.96. The quantitative estimate of drug-likeness (QED) is 0.541. The topological polar surface area (TPSA) is 136 Å². The number of piperidine rings is 1. The summed E-state index contributed by atoms with van der Waals surface area (Å²) < 4.78 is 1.31. The highest BCUT2D eigenvalue weighted by Gasteiger charge is 2.30. The van der Waals surface area contributed by atoms with Crippen LogP contribution in [0.3, 0.4) is 0 Å². The van der Waals surface area contributed by atoms with Crippen LogP contribution < -0.4 is 21.9 Å². The number of rotatable bonds is 4. The fraction of sp³-hybridized carbons (Fsp3) is 0.250. The fourth-order valence-electron chi connectivity index (χ4n) is 3.53. The molecular formula is C20H19N5O4S. The number of amides is 3. The molecule has 3 aromatic rings. The van der Waals surface area contributed by atoms with Crippen molar-refractivity contribution < 1.29 is 14.4 Å². The number of carbonyl (C=O) groups excluding carboxylic acids is 3. The van der Waals surface area contributed by atoms with E-state index in [2.05, 4.69) is 15.6 Å². The molecular weight excluding hydrogens is 406 g/mol. The highest BCUT2D eigenvalue weighted by molar-refractivity contribution is 7.10. The van der Waals surface area contributed by atoms with E-state index in [-0.39, 0.29) is 30.0 Å². The van der Waals surface area contributed by atoms with Gasteiger partial charge in [0.05, 0.1) is 16.6 Å². The number of nitrogens with two attached hydrogens (primary N) is 1. The van der Waals surface area contributed by atoms with Crippen molar-refractivity contribution in [3.05, 3.63) is 56.3 Å². The van der Waals surface area contributed by atoms with Crippen molar-refractivity contribution in [2.45, 2.75) is 32.4 Å². The van der Waals surface area contributed by atoms with Gasteiger partial charge in [-0.2, -0.15) is 0 Å². The van der Waals surface area contributed by atoms with Crippen LogP contribution in [0.5, 0.6) is 0 Å². The first-order valence-corrected chi connectivity index (χ1v) is 10.2. The Morgan fingerprint density at radius 2 is 2.17 bits per heavy atom. The predicted molar refractivity (Wildman–Crippen MR) is 112 cm³/mol. The number of aromatic nitrogens is 2. The molecule has 1 atom stereocenters. The molecule has 4 rings (SSSR count). The number of imide groups is 1. The highest BCUT2D eigenvalue weighted by Crippen LogP contribution is 2.24. The first kappa shape index (κ1) is 19.9. The van der Waals surface area contributed by atoms with Crippen LogP contribution in [-0.4, -0.2) is 27.3 Å². The molecule has 3 heterocycles. The standard InChI is InChI=1S/C20H19N5O4S/c1-10-22-17-13(20(29)25(10)15-5-6-16(26)24-19(15)28)3-2-4-14(17)23-18(27)11-7-12(8-21)30-9-11/h2-4,7,9,15H,5-6,8,21H2,1H3,(H,23,27)(H,24,26,28). The molecule has 1 fully saturated rings. The van der Waals surface area contributed by atoms with Gasteiger partial charge in [0.25, 0.3) is 11.5 Å². The Hall–Kier alpha value is -3.37. The Labute approximate surface area is 174 Å². The average Bonchev–Trinajstić information content (AvgIpc) is 3.20. The number of aryl methyl sites for hydroxylation is 1. The maximum Gasteiger partial charge on any atom is 0.262 e. The Kier molecular flexibility index (Phi) is 5.18. The van der Waals surface area contributed by atoms with Crippen molar-refractivity contribution in [1.82, 2.24) is 14.9 Å². The van der Waals surface area contributed by atoms with Crippen LogP contribution in [0.1, 0.15) is 39.9 Å². The molecule has 3 amide bonds. The molecule has 1 aliphatic heterocycles. The molecule has 9 nitrogen and oxygen atoms in total. The molecule has 0 spiro atoms. The van der Waals surface area contributed by atoms with Crippen molar-refractivity contribution in [1.29, 1.82) is 0 Å². The summed E-state index contributed by atoms with van der Waals surface area (Å²) in [6, 6.07) is 5.83. The van der Waals surface area contributed by atoms with E-state index in [1.165, 1.54) is 15.9 Å². The van der Waals surface area contributed by atoms with Gasteiger partial charge < -0.3 is 11.1 Å². The van der Waals surface area contributed by atoms with E-state index in [1.54, 1.807) is 36.6 Å². The maximum absolute atomic E-state index is 13.2. The number of para-hydroxylation sites is 1. The molecule has 2 aromatic heterocycles. The summed E-state index contributed by atoms with van der Waals surface area (Å²) in [4.78, 5) is 54.8. The molecule has 1 saturated heterocycles. The molecule has 30 heavy (non-hydrogen) atoms. The van der Waals surface area contributed by atoms with Crippen LogP contribution in [0.25, 0.3) is 10.9 Å². The van der Waals surface area contributed by atoms with E-state index in [4.69, 9.17) is 5.73 Å². The van der Waals surface area contributed by atoms with Crippen molar-refractivity contribution in [2.24, 2.45) is 5.73 Å². The average molecular weight is 425 g/mol. The van der Waals surface area contributed by atoms with Gasteiger partial charge in [-0.3, -0.25) is 29.1 Å². The molecule has 154 valence electrons. The minimum Gasteiger partial charge on any atom is -0.326 e. The normalized spacial score (nSPS) is 16.5. The number of nitrogens with one attached hydrogen (secondary N) is 2. The van der Waals surface area contributed by atoms with E-state index < -0.39 is 17.5 Å². The Bertz CT molecular complexity index is 1250. The summed E-state index contributed by atoms with van der Waals surface area (Å²) in [5, 5.41) is 7.06. The van der Waals surface area contributed by atoms with Gasteiger partial charge in [-0.1, -0.05) is 6.07 Å². The fourth-order valence-corrected chi connectivity index (χ4v) is 4.27. The van der Waals surface area contributed by atoms with E-state index in [1.807, 2.05) is 0 Å². The third-order valence-corrected chi connectivity index (χ3v) is 5.95. The molecule has 1 aromatic carbocycles. The third-order valence-electron chi connectivity index (χ3n) is 4.99. The minimum absolute atomic E-state index is 0.155. The molecule has 0 radical (unpaired) electrons. The molecule has 10 heteroatoms. The number of thiophene rings is 1. The summed E-state index contributed by atoms with van der Waals surface area (Å²) >= 11 is 1.40. The van der Waals surface area contributed by atoms with Crippen LogP contribution in [0.15, 0.2) is 34.4 Å². The number of anilines is 1. The summed E-state index contributed by atoms with van der Waals surface area (Å²) in [5.74, 6) is -0.876. The molecule has 1 unspecified atom stereocenters. The molecule has 0 aliphatic carbocycles. The molecule has 0 saturated carbocycles. The van der Waals surface area contributed by atoms with E-state index >= 15 is 0 Å². The van der Waals surface area contributed by atoms with Gasteiger partial charge in [0, 0.05) is 23.2 Å². The van der Waals surface area contributed by atoms with Gasteiger partial charge in [0.2, 0.25) is 11.8 Å². The number of hydrogen-bond acceptors (Lipinski definition) is 7. The summed E-state index contributed by atoms with van der Waals surface area (Å²) in [5.41, 5.74) is 6.42. The smallest absolute Gasteiger partial charge is 0.262 e. The summed E-state index contributed by atoms with van der Waals surface area (Å²) in [7, 11) is 0. The second-order valence-electron chi connectivity index (χ2n) is 6.96. The van der Waals surface area contributed by atoms with Gasteiger partial charge in [0.1, 0.15) is 17.4 Å². The van der Waals surface area contributed by atoms with Gasteiger partial charge in [-0.25, -0.2) is 4.98 Å². The van der Waals surface area contributed by atoms with Gasteiger partial charge >= 0.3 is 0 Å². The Morgan fingerprint density at radius 3 is 2.87 bits per heavy atom. The zero-order chi connectivity index (χ0) is 21.4. The lowest BCUT2D eigenvalue weighted by atomic mass is 10.1. The lowest BCUT2D eigenvalue weighted by Crippen LogP contribution is -2.45. The monoisotopic (exact) mass is 425 g/mol. The van der Waals surface area contributed by atoms with Crippen molar-refractivity contribution >= 4 is 45.6 Å². The maximum atomic E-state index is 13.2. The largest absolute Gasteiger partial charge is 0.326 e. The lowest BCUT2D eigenvalue weighted by molar-refractivity contribution is -0.135. The second kappa shape index (κ2) is 7.81. The van der Waals surface area contributed by atoms with Crippen LogP contribution >= 0.6 is 11.3 Å². The molecule has 1 aliphatic rings. The SMILES string of the molecule is Cc1nc2c(NC(=O)c3csc(CN)c3)cccc2c(=O)n1C1CCC(=O)NC1=O. The van der Waals surface area contributed by atoms with E-state index in [9.17, 15) is 19.2 Å². The van der Waals surface area contributed by atoms with Crippen LogP contribution in [0.4, 0.5) is 5.69 Å².